The predicted octanol–water partition coefficient (Wildman–Crippen LogP) is 3.41. The van der Waals surface area contributed by atoms with Crippen LogP contribution in [0.25, 0.3) is 16.6 Å². The number of pyridine rings is 1. The maximum Gasteiger partial charge on any atom is 0.408 e. The van der Waals surface area contributed by atoms with Crippen molar-refractivity contribution in [2.24, 2.45) is 7.05 Å². The molecule has 2 N–H and O–H groups in total. The molecule has 0 aliphatic rings. The minimum atomic E-state index is -0.774. The predicted molar refractivity (Wildman–Crippen MR) is 134 cm³/mol. The van der Waals surface area contributed by atoms with E-state index in [-0.39, 0.29) is 5.91 Å². The largest absolute Gasteiger partial charge is 0.444 e. The van der Waals surface area contributed by atoms with Crippen LogP contribution in [0.4, 0.5) is 4.79 Å². The maximum absolute atomic E-state index is 13.1. The summed E-state index contributed by atoms with van der Waals surface area (Å²) in [5.74, 6) is 0.587. The average molecular weight is 477 g/mol. The molecule has 0 saturated heterocycles. The Morgan fingerprint density at radius 2 is 1.86 bits per heavy atom. The van der Waals surface area contributed by atoms with Crippen molar-refractivity contribution in [3.05, 3.63) is 66.2 Å². The minimum Gasteiger partial charge on any atom is -0.444 e. The fourth-order valence-corrected chi connectivity index (χ4v) is 4.11. The Morgan fingerprint density at radius 3 is 2.66 bits per heavy atom. The van der Waals surface area contributed by atoms with Gasteiger partial charge in [-0.05, 0) is 51.0 Å². The molecule has 0 bridgehead atoms. The zero-order valence-corrected chi connectivity index (χ0v) is 20.6. The van der Waals surface area contributed by atoms with Gasteiger partial charge in [-0.25, -0.2) is 4.79 Å². The fourth-order valence-electron chi connectivity index (χ4n) is 4.11. The highest BCUT2D eigenvalue weighted by Crippen LogP contribution is 2.22. The van der Waals surface area contributed by atoms with Crippen molar-refractivity contribution >= 4 is 28.6 Å². The van der Waals surface area contributed by atoms with Gasteiger partial charge >= 0.3 is 6.09 Å². The molecule has 1 aromatic carbocycles. The highest BCUT2D eigenvalue weighted by Gasteiger charge is 2.25. The van der Waals surface area contributed by atoms with Crippen molar-refractivity contribution in [1.82, 2.24) is 29.8 Å². The number of fused-ring (bicyclic) bond motifs is 2. The van der Waals surface area contributed by atoms with Crippen LogP contribution in [0.15, 0.2) is 54.9 Å². The molecular formula is C26H32N6O3. The van der Waals surface area contributed by atoms with Crippen LogP contribution >= 0.6 is 0 Å². The number of nitrogens with one attached hydrogen (secondary N) is 2. The first-order chi connectivity index (χ1) is 16.7. The Kier molecular flexibility index (Phi) is 7.04. The number of alkyl carbamates (subject to hydrolysis) is 1. The Morgan fingerprint density at radius 1 is 1.09 bits per heavy atom. The van der Waals surface area contributed by atoms with Crippen LogP contribution in [0.5, 0.6) is 0 Å². The van der Waals surface area contributed by atoms with Crippen molar-refractivity contribution in [2.75, 3.05) is 6.54 Å². The number of aromatic nitrogens is 4. The lowest BCUT2D eigenvalue weighted by Gasteiger charge is -2.23. The first-order valence-corrected chi connectivity index (χ1v) is 11.8. The Balaban J connectivity index is 1.42. The lowest BCUT2D eigenvalue weighted by Crippen LogP contribution is -2.49. The molecule has 9 nitrogen and oxygen atoms in total. The monoisotopic (exact) mass is 476 g/mol. The van der Waals surface area contributed by atoms with Crippen LogP contribution in [0.3, 0.4) is 0 Å². The summed E-state index contributed by atoms with van der Waals surface area (Å²) in [6.07, 6.45) is 5.01. The van der Waals surface area contributed by atoms with Gasteiger partial charge in [0.2, 0.25) is 5.91 Å². The Bertz CT molecular complexity index is 1330. The normalized spacial score (nSPS) is 12.6. The van der Waals surface area contributed by atoms with E-state index in [2.05, 4.69) is 20.8 Å². The summed E-state index contributed by atoms with van der Waals surface area (Å²) in [7, 11) is 1.97. The summed E-state index contributed by atoms with van der Waals surface area (Å²) < 4.78 is 9.37. The van der Waals surface area contributed by atoms with Gasteiger partial charge in [0.05, 0.1) is 0 Å². The molecule has 0 fully saturated rings. The number of carbonyl (C=O) groups excluding carboxylic acids is 2. The third kappa shape index (κ3) is 5.98. The van der Waals surface area contributed by atoms with Gasteiger partial charge in [0.1, 0.15) is 17.5 Å². The second-order valence-corrected chi connectivity index (χ2v) is 9.62. The molecule has 1 atom stereocenters. The molecule has 184 valence electrons. The minimum absolute atomic E-state index is 0.255. The quantitative estimate of drug-likeness (QED) is 0.380. The van der Waals surface area contributed by atoms with Crippen molar-refractivity contribution in [1.29, 1.82) is 0 Å². The van der Waals surface area contributed by atoms with Crippen LogP contribution in [0.2, 0.25) is 0 Å². The first kappa shape index (κ1) is 24.3. The van der Waals surface area contributed by atoms with Crippen LogP contribution < -0.4 is 10.6 Å². The zero-order valence-electron chi connectivity index (χ0n) is 20.6. The number of ether oxygens (including phenoxy) is 1. The summed E-state index contributed by atoms with van der Waals surface area (Å²) in [4.78, 5) is 25.6. The number of carbonyl (C=O) groups is 2. The van der Waals surface area contributed by atoms with E-state index in [1.54, 1.807) is 20.8 Å². The van der Waals surface area contributed by atoms with Crippen molar-refractivity contribution in [3.8, 4) is 0 Å². The number of hydrogen-bond acceptors (Lipinski definition) is 5. The molecule has 4 aromatic rings. The molecule has 3 aromatic heterocycles. The van der Waals surface area contributed by atoms with Crippen molar-refractivity contribution < 1.29 is 14.3 Å². The summed E-state index contributed by atoms with van der Waals surface area (Å²) in [6.45, 7) is 5.82. The Hall–Kier alpha value is -3.88. The number of rotatable bonds is 8. The smallest absolute Gasteiger partial charge is 0.408 e. The van der Waals surface area contributed by atoms with Gasteiger partial charge < -0.3 is 19.9 Å². The van der Waals surface area contributed by atoms with Crippen LogP contribution in [-0.2, 0) is 29.4 Å². The fraction of sp³-hybridized carbons (Fsp3) is 0.385. The third-order valence-corrected chi connectivity index (χ3v) is 5.67. The summed E-state index contributed by atoms with van der Waals surface area (Å²) in [5.41, 5.74) is 2.18. The van der Waals surface area contributed by atoms with E-state index in [4.69, 9.17) is 4.74 Å². The topological polar surface area (TPSA) is 103 Å². The highest BCUT2D eigenvalue weighted by atomic mass is 16.6. The Labute approximate surface area is 204 Å². The molecular weight excluding hydrogens is 444 g/mol. The first-order valence-electron chi connectivity index (χ1n) is 11.8. The van der Waals surface area contributed by atoms with E-state index < -0.39 is 17.7 Å². The molecule has 4 rings (SSSR count). The highest BCUT2D eigenvalue weighted by molar-refractivity contribution is 5.88. The molecule has 2 amide bonds. The van der Waals surface area contributed by atoms with Gasteiger partial charge in [-0.2, -0.15) is 0 Å². The summed E-state index contributed by atoms with van der Waals surface area (Å²) in [5, 5.41) is 15.2. The standard InChI is InChI=1S/C26H32N6O3/c1-26(2,3)35-25(34)28-20(16-18-17-31(4)21-11-6-5-10-19(18)21)24(33)27-14-9-13-23-30-29-22-12-7-8-15-32(22)23/h5-8,10-12,15,17,20H,9,13-14,16H2,1-4H3,(H,27,33)(H,28,34). The molecule has 0 aliphatic heterocycles. The zero-order chi connectivity index (χ0) is 25.0. The maximum atomic E-state index is 13.1. The summed E-state index contributed by atoms with van der Waals surface area (Å²) in [6, 6.07) is 13.0. The van der Waals surface area contributed by atoms with Crippen LogP contribution in [0.1, 0.15) is 38.6 Å². The van der Waals surface area contributed by atoms with Crippen LogP contribution in [-0.4, -0.2) is 49.4 Å². The van der Waals surface area contributed by atoms with Gasteiger partial charge in [-0.3, -0.25) is 9.20 Å². The SMILES string of the molecule is Cn1cc(CC(NC(=O)OC(C)(C)C)C(=O)NCCCc2nnc3ccccn23)c2ccccc21. The van der Waals surface area contributed by atoms with Crippen LogP contribution in [0, 0.1) is 0 Å². The van der Waals surface area contributed by atoms with E-state index in [9.17, 15) is 9.59 Å². The lowest BCUT2D eigenvalue weighted by atomic mass is 10.0. The molecule has 3 heterocycles. The van der Waals surface area contributed by atoms with Crippen molar-refractivity contribution in [3.63, 3.8) is 0 Å². The number of hydrogen-bond donors (Lipinski definition) is 2. The number of aryl methyl sites for hydroxylation is 2. The van der Waals surface area contributed by atoms with Gasteiger partial charge in [-0.15, -0.1) is 10.2 Å². The number of nitrogens with zero attached hydrogens (tertiary/aromatic N) is 4. The lowest BCUT2D eigenvalue weighted by molar-refractivity contribution is -0.123. The third-order valence-electron chi connectivity index (χ3n) is 5.67. The second kappa shape index (κ2) is 10.2. The molecule has 1 unspecified atom stereocenters. The van der Waals surface area contributed by atoms with E-state index in [1.165, 1.54) is 0 Å². The molecule has 0 saturated carbocycles. The van der Waals surface area contributed by atoms with Gasteiger partial charge in [0.15, 0.2) is 5.65 Å². The summed E-state index contributed by atoms with van der Waals surface area (Å²) >= 11 is 0. The van der Waals surface area contributed by atoms with E-state index >= 15 is 0 Å². The van der Waals surface area contributed by atoms with Crippen molar-refractivity contribution in [2.45, 2.75) is 51.7 Å². The molecule has 0 aliphatic carbocycles. The number of para-hydroxylation sites is 1. The van der Waals surface area contributed by atoms with E-state index in [1.807, 2.05) is 70.9 Å². The molecule has 0 radical (unpaired) electrons. The molecule has 0 spiro atoms. The van der Waals surface area contributed by atoms with Gasteiger partial charge in [-0.1, -0.05) is 24.3 Å². The van der Waals surface area contributed by atoms with E-state index in [0.29, 0.717) is 25.8 Å². The molecule has 35 heavy (non-hydrogen) atoms. The van der Waals surface area contributed by atoms with Gasteiger partial charge in [0, 0.05) is 49.7 Å². The second-order valence-electron chi connectivity index (χ2n) is 9.62. The van der Waals surface area contributed by atoms with Gasteiger partial charge in [0.25, 0.3) is 0 Å². The average Bonchev–Trinajstić information content (AvgIpc) is 3.36. The number of benzene rings is 1. The molecule has 9 heteroatoms. The number of amides is 2. The van der Waals surface area contributed by atoms with E-state index in [0.717, 1.165) is 27.9 Å².